The quantitative estimate of drug-likeness (QED) is 0.646. The second kappa shape index (κ2) is 6.65. The smallest absolute Gasteiger partial charge is 0.246 e. The maximum atomic E-state index is 13.8. The number of aryl methyl sites for hydroxylation is 1. The summed E-state index contributed by atoms with van der Waals surface area (Å²) in [6, 6.07) is 6.91. The van der Waals surface area contributed by atoms with Crippen molar-refractivity contribution in [2.45, 2.75) is 64.4 Å². The highest BCUT2D eigenvalue weighted by Crippen LogP contribution is 2.59. The van der Waals surface area contributed by atoms with Crippen LogP contribution in [0.25, 0.3) is 0 Å². The fraction of sp³-hybridized carbons (Fsp3) is 0.522. The molecule has 1 aromatic carbocycles. The zero-order chi connectivity index (χ0) is 22.2. The van der Waals surface area contributed by atoms with Crippen LogP contribution in [-0.2, 0) is 19.6 Å². The number of Topliss-reactive ketones (excluding diaryl/α,β-unsaturated/α-hetero) is 1. The standard InChI is InChI=1S/C23H31NO4SSi/c1-14-8-10-18(11-9-14)29(26,27)24-13-12-19-22(30(5,6)7)21(25)20-16(3)15(2)17(4)28-23(19,20)24/h8-11,16,20H,12-13H2,1-7H3/t16?,20-,23+/m1/s1. The maximum Gasteiger partial charge on any atom is 0.246 e. The summed E-state index contributed by atoms with van der Waals surface area (Å²) in [6.45, 7) is 14.7. The number of carbonyl (C=O) groups is 1. The third-order valence-electron chi connectivity index (χ3n) is 7.03. The van der Waals surface area contributed by atoms with E-state index in [1.807, 2.05) is 39.8 Å². The number of hydrogen-bond acceptors (Lipinski definition) is 4. The lowest BCUT2D eigenvalue weighted by Crippen LogP contribution is -2.58. The Kier molecular flexibility index (Phi) is 4.77. The van der Waals surface area contributed by atoms with Crippen LogP contribution in [0.5, 0.6) is 0 Å². The summed E-state index contributed by atoms with van der Waals surface area (Å²) in [5, 5.41) is 0.878. The molecule has 1 spiro atoms. The van der Waals surface area contributed by atoms with E-state index in [4.69, 9.17) is 4.74 Å². The van der Waals surface area contributed by atoms with Gasteiger partial charge in [-0.3, -0.25) is 4.79 Å². The van der Waals surface area contributed by atoms with Crippen molar-refractivity contribution in [3.8, 4) is 0 Å². The molecule has 30 heavy (non-hydrogen) atoms. The molecule has 1 aliphatic carbocycles. The van der Waals surface area contributed by atoms with Crippen LogP contribution >= 0.6 is 0 Å². The van der Waals surface area contributed by atoms with Crippen molar-refractivity contribution >= 4 is 23.9 Å². The van der Waals surface area contributed by atoms with E-state index < -0.39 is 29.7 Å². The van der Waals surface area contributed by atoms with Gasteiger partial charge >= 0.3 is 0 Å². The summed E-state index contributed by atoms with van der Waals surface area (Å²) in [4.78, 5) is 14.0. The summed E-state index contributed by atoms with van der Waals surface area (Å²) in [6.07, 6.45) is 0.548. The number of allylic oxidation sites excluding steroid dienone is 3. The summed E-state index contributed by atoms with van der Waals surface area (Å²) < 4.78 is 35.6. The lowest BCUT2D eigenvalue weighted by Gasteiger charge is -2.46. The van der Waals surface area contributed by atoms with E-state index >= 15 is 0 Å². The second-order valence-electron chi connectivity index (χ2n) is 9.91. The molecule has 0 saturated carbocycles. The monoisotopic (exact) mass is 445 g/mol. The van der Waals surface area contributed by atoms with Crippen molar-refractivity contribution in [3.05, 3.63) is 51.9 Å². The van der Waals surface area contributed by atoms with Gasteiger partial charge in [0.15, 0.2) is 5.78 Å². The highest BCUT2D eigenvalue weighted by Gasteiger charge is 2.68. The Hall–Kier alpha value is -1.70. The van der Waals surface area contributed by atoms with E-state index in [1.165, 1.54) is 4.31 Å². The minimum Gasteiger partial charge on any atom is -0.472 e. The van der Waals surface area contributed by atoms with E-state index in [0.29, 0.717) is 13.0 Å². The molecule has 5 nitrogen and oxygen atoms in total. The Morgan fingerprint density at radius 2 is 1.70 bits per heavy atom. The number of rotatable bonds is 3. The lowest BCUT2D eigenvalue weighted by molar-refractivity contribution is -0.139. The highest BCUT2D eigenvalue weighted by atomic mass is 32.2. The number of hydrogen-bond donors (Lipinski definition) is 0. The van der Waals surface area contributed by atoms with Gasteiger partial charge in [-0.1, -0.05) is 44.3 Å². The van der Waals surface area contributed by atoms with Crippen molar-refractivity contribution in [1.29, 1.82) is 0 Å². The molecule has 4 rings (SSSR count). The van der Waals surface area contributed by atoms with Crippen molar-refractivity contribution < 1.29 is 17.9 Å². The first kappa shape index (κ1) is 21.5. The van der Waals surface area contributed by atoms with E-state index in [0.717, 1.165) is 27.7 Å². The lowest BCUT2D eigenvalue weighted by atomic mass is 9.78. The Labute approximate surface area is 180 Å². The van der Waals surface area contributed by atoms with Crippen molar-refractivity contribution in [1.82, 2.24) is 4.31 Å². The van der Waals surface area contributed by atoms with Crippen LogP contribution in [-0.4, -0.2) is 38.8 Å². The van der Waals surface area contributed by atoms with E-state index in [-0.39, 0.29) is 16.6 Å². The van der Waals surface area contributed by atoms with Gasteiger partial charge < -0.3 is 4.74 Å². The third kappa shape index (κ3) is 2.75. The number of sulfonamides is 1. The fourth-order valence-electron chi connectivity index (χ4n) is 5.42. The van der Waals surface area contributed by atoms with Crippen molar-refractivity contribution in [2.24, 2.45) is 11.8 Å². The molecule has 2 aliphatic heterocycles. The number of nitrogens with zero attached hydrogens (tertiary/aromatic N) is 1. The maximum absolute atomic E-state index is 13.8. The van der Waals surface area contributed by atoms with E-state index in [9.17, 15) is 13.2 Å². The average Bonchev–Trinajstić information content (AvgIpc) is 3.10. The summed E-state index contributed by atoms with van der Waals surface area (Å²) in [7, 11) is -5.84. The van der Waals surface area contributed by atoms with Crippen LogP contribution in [0.2, 0.25) is 19.6 Å². The van der Waals surface area contributed by atoms with Gasteiger partial charge in [0, 0.05) is 6.54 Å². The SMILES string of the molecule is CC1=C(C)C(C)[C@@H]2C(=O)C([Si](C)(C)C)=C3CCN(S(=O)(=O)c4ccc(C)cc4)[C@]32O1. The average molecular weight is 446 g/mol. The first-order valence-electron chi connectivity index (χ1n) is 10.6. The van der Waals surface area contributed by atoms with Crippen LogP contribution in [0.15, 0.2) is 51.3 Å². The van der Waals surface area contributed by atoms with Crippen LogP contribution in [0.3, 0.4) is 0 Å². The Bertz CT molecular complexity index is 1100. The molecule has 1 aromatic rings. The molecule has 3 atom stereocenters. The van der Waals surface area contributed by atoms with Crippen LogP contribution in [0.1, 0.15) is 32.8 Å². The minimum atomic E-state index is -3.83. The molecule has 0 amide bonds. The van der Waals surface area contributed by atoms with Crippen LogP contribution in [0, 0.1) is 18.8 Å². The van der Waals surface area contributed by atoms with Gasteiger partial charge in [-0.25, -0.2) is 8.42 Å². The van der Waals surface area contributed by atoms with E-state index in [1.54, 1.807) is 12.1 Å². The molecule has 0 radical (unpaired) electrons. The first-order chi connectivity index (χ1) is 13.8. The summed E-state index contributed by atoms with van der Waals surface area (Å²) >= 11 is 0. The second-order valence-corrected chi connectivity index (χ2v) is 16.8. The molecular formula is C23H31NO4SSi. The molecule has 1 unspecified atom stereocenters. The Morgan fingerprint density at radius 3 is 2.27 bits per heavy atom. The molecular weight excluding hydrogens is 414 g/mol. The zero-order valence-electron chi connectivity index (χ0n) is 18.9. The minimum absolute atomic E-state index is 0.0797. The van der Waals surface area contributed by atoms with Gasteiger partial charge in [-0.15, -0.1) is 0 Å². The van der Waals surface area contributed by atoms with Crippen molar-refractivity contribution in [3.63, 3.8) is 0 Å². The van der Waals surface area contributed by atoms with Gasteiger partial charge in [-0.05, 0) is 61.6 Å². The van der Waals surface area contributed by atoms with Gasteiger partial charge in [0.05, 0.1) is 24.6 Å². The third-order valence-corrected chi connectivity index (χ3v) is 11.0. The molecule has 2 heterocycles. The normalized spacial score (nSPS) is 29.9. The van der Waals surface area contributed by atoms with Gasteiger partial charge in [0.1, 0.15) is 0 Å². The predicted molar refractivity (Wildman–Crippen MR) is 120 cm³/mol. The number of carbonyl (C=O) groups excluding carboxylic acids is 1. The van der Waals surface area contributed by atoms with Gasteiger partial charge in [0.25, 0.3) is 0 Å². The van der Waals surface area contributed by atoms with Crippen LogP contribution in [0.4, 0.5) is 0 Å². The molecule has 0 N–H and O–H groups in total. The van der Waals surface area contributed by atoms with Crippen LogP contribution < -0.4 is 0 Å². The largest absolute Gasteiger partial charge is 0.472 e. The Balaban J connectivity index is 1.97. The molecule has 162 valence electrons. The predicted octanol–water partition coefficient (Wildman–Crippen LogP) is 4.42. The number of ether oxygens (including phenoxy) is 1. The number of benzene rings is 1. The fourth-order valence-corrected chi connectivity index (χ4v) is 9.21. The molecule has 0 bridgehead atoms. The topological polar surface area (TPSA) is 63.7 Å². The van der Waals surface area contributed by atoms with Gasteiger partial charge in [0.2, 0.25) is 15.7 Å². The zero-order valence-corrected chi connectivity index (χ0v) is 20.7. The highest BCUT2D eigenvalue weighted by molar-refractivity contribution is 7.89. The molecule has 1 fully saturated rings. The molecule has 3 aliphatic rings. The van der Waals surface area contributed by atoms with Gasteiger partial charge in [-0.2, -0.15) is 4.31 Å². The summed E-state index contributed by atoms with van der Waals surface area (Å²) in [5.41, 5.74) is 1.71. The van der Waals surface area contributed by atoms with E-state index in [2.05, 4.69) is 19.6 Å². The first-order valence-corrected chi connectivity index (χ1v) is 15.5. The number of ketones is 1. The van der Waals surface area contributed by atoms with Crippen molar-refractivity contribution in [2.75, 3.05) is 6.54 Å². The summed E-state index contributed by atoms with van der Waals surface area (Å²) in [5.74, 6) is 0.212. The molecule has 1 saturated heterocycles. The molecule has 0 aromatic heterocycles. The Morgan fingerprint density at radius 1 is 1.10 bits per heavy atom. The molecule has 7 heteroatoms.